The van der Waals surface area contributed by atoms with Crippen LogP contribution in [0.5, 0.6) is 0 Å². The lowest BCUT2D eigenvalue weighted by Gasteiger charge is -2.29. The van der Waals surface area contributed by atoms with Gasteiger partial charge >= 0.3 is 0 Å². The van der Waals surface area contributed by atoms with Crippen LogP contribution in [-0.4, -0.2) is 16.9 Å². The second kappa shape index (κ2) is 7.80. The fraction of sp³-hybridized carbons (Fsp3) is 0.261. The van der Waals surface area contributed by atoms with Crippen LogP contribution in [-0.2, 0) is 0 Å². The molecule has 0 spiro atoms. The van der Waals surface area contributed by atoms with Gasteiger partial charge in [-0.15, -0.1) is 0 Å². The Bertz CT molecular complexity index is 1010. The van der Waals surface area contributed by atoms with Crippen molar-refractivity contribution in [3.05, 3.63) is 71.9 Å². The van der Waals surface area contributed by atoms with Crippen LogP contribution in [0.25, 0.3) is 10.9 Å². The van der Waals surface area contributed by atoms with Crippen LogP contribution in [0.3, 0.4) is 0 Å². The van der Waals surface area contributed by atoms with Gasteiger partial charge in [0.1, 0.15) is 0 Å². The Morgan fingerprint density at radius 2 is 1.79 bits per heavy atom. The van der Waals surface area contributed by atoms with E-state index in [0.29, 0.717) is 11.3 Å². The second-order valence-electron chi connectivity index (χ2n) is 7.97. The molecular weight excluding hydrogens is 348 g/mol. The smallest absolute Gasteiger partial charge is 0.258 e. The Hall–Kier alpha value is -3.21. The van der Waals surface area contributed by atoms with E-state index >= 15 is 0 Å². The summed E-state index contributed by atoms with van der Waals surface area (Å²) in [6.45, 7) is 8.75. The van der Waals surface area contributed by atoms with Crippen molar-refractivity contribution < 1.29 is 4.79 Å². The average Bonchev–Trinajstić information content (AvgIpc) is 2.66. The third kappa shape index (κ3) is 4.19. The zero-order valence-corrected chi connectivity index (χ0v) is 16.7. The number of aliphatic imine (C=N–C) groups is 1. The molecule has 0 saturated carbocycles. The lowest BCUT2D eigenvalue weighted by atomic mass is 9.76. The Morgan fingerprint density at radius 1 is 1.07 bits per heavy atom. The number of benzene rings is 2. The summed E-state index contributed by atoms with van der Waals surface area (Å²) >= 11 is 0. The fourth-order valence-electron chi connectivity index (χ4n) is 3.10. The number of carbonyl (C=O) groups is 1. The normalized spacial score (nSPS) is 13.4. The minimum Gasteiger partial charge on any atom is -0.369 e. The average molecular weight is 374 g/mol. The van der Waals surface area contributed by atoms with E-state index in [2.05, 4.69) is 49.1 Å². The van der Waals surface area contributed by atoms with Crippen molar-refractivity contribution in [3.63, 3.8) is 0 Å². The zero-order chi connectivity index (χ0) is 20.3. The van der Waals surface area contributed by atoms with Crippen LogP contribution in [0.4, 0.5) is 5.69 Å². The third-order valence-electron chi connectivity index (χ3n) is 5.06. The highest BCUT2D eigenvalue weighted by molar-refractivity contribution is 6.13. The minimum atomic E-state index is -0.293. The van der Waals surface area contributed by atoms with Gasteiger partial charge in [-0.05, 0) is 41.2 Å². The topological polar surface area (TPSA) is 80.4 Å². The molecule has 5 nitrogen and oxygen atoms in total. The standard InChI is InChI=1S/C23H26N4O/c1-15(23(2,3)4)17-11-8-12-19-20(17)18(13-14-25-19)21(28)27-22(24)26-16-9-6-5-7-10-16/h5-15H,1-4H3,(H3,24,26,27,28). The van der Waals surface area contributed by atoms with Crippen molar-refractivity contribution in [2.24, 2.45) is 16.1 Å². The maximum Gasteiger partial charge on any atom is 0.258 e. The summed E-state index contributed by atoms with van der Waals surface area (Å²) in [5.41, 5.74) is 9.12. The molecule has 1 heterocycles. The van der Waals surface area contributed by atoms with Crippen LogP contribution < -0.4 is 11.1 Å². The lowest BCUT2D eigenvalue weighted by molar-refractivity contribution is 0.0978. The highest BCUT2D eigenvalue weighted by Crippen LogP contribution is 2.38. The number of rotatable bonds is 3. The molecule has 0 radical (unpaired) electrons. The molecule has 0 aliphatic rings. The minimum absolute atomic E-state index is 0.0473. The second-order valence-corrected chi connectivity index (χ2v) is 7.97. The first-order valence-corrected chi connectivity index (χ1v) is 9.35. The molecule has 0 bridgehead atoms. The molecule has 0 aliphatic heterocycles. The Morgan fingerprint density at radius 3 is 2.46 bits per heavy atom. The first kappa shape index (κ1) is 19.5. The van der Waals surface area contributed by atoms with E-state index in [0.717, 1.165) is 16.5 Å². The van der Waals surface area contributed by atoms with Crippen LogP contribution in [0.2, 0.25) is 0 Å². The quantitative estimate of drug-likeness (QED) is 0.512. The van der Waals surface area contributed by atoms with Gasteiger partial charge in [0, 0.05) is 11.6 Å². The number of hydrogen-bond donors (Lipinski definition) is 2. The van der Waals surface area contributed by atoms with Gasteiger partial charge in [0.15, 0.2) is 0 Å². The Kier molecular flexibility index (Phi) is 5.45. The monoisotopic (exact) mass is 374 g/mol. The number of nitrogens with zero attached hydrogens (tertiary/aromatic N) is 2. The molecule has 144 valence electrons. The van der Waals surface area contributed by atoms with Crippen molar-refractivity contribution in [2.75, 3.05) is 0 Å². The number of nitrogens with two attached hydrogens (primary N) is 1. The van der Waals surface area contributed by atoms with E-state index in [1.165, 1.54) is 0 Å². The van der Waals surface area contributed by atoms with Gasteiger partial charge < -0.3 is 5.73 Å². The molecule has 1 unspecified atom stereocenters. The summed E-state index contributed by atoms with van der Waals surface area (Å²) in [6.07, 6.45) is 1.65. The molecule has 1 amide bonds. The molecule has 2 aromatic carbocycles. The van der Waals surface area contributed by atoms with E-state index in [9.17, 15) is 4.79 Å². The van der Waals surface area contributed by atoms with Gasteiger partial charge in [-0.3, -0.25) is 15.1 Å². The lowest BCUT2D eigenvalue weighted by Crippen LogP contribution is -2.36. The van der Waals surface area contributed by atoms with Gasteiger partial charge in [0.25, 0.3) is 5.91 Å². The molecule has 28 heavy (non-hydrogen) atoms. The largest absolute Gasteiger partial charge is 0.369 e. The predicted molar refractivity (Wildman–Crippen MR) is 115 cm³/mol. The molecule has 3 rings (SSSR count). The van der Waals surface area contributed by atoms with E-state index in [1.54, 1.807) is 12.3 Å². The third-order valence-corrected chi connectivity index (χ3v) is 5.06. The van der Waals surface area contributed by atoms with E-state index < -0.39 is 0 Å². The van der Waals surface area contributed by atoms with Gasteiger partial charge in [0.2, 0.25) is 5.96 Å². The van der Waals surface area contributed by atoms with Crippen molar-refractivity contribution in [3.8, 4) is 0 Å². The number of pyridine rings is 1. The molecule has 1 aromatic heterocycles. The molecule has 3 aromatic rings. The number of amides is 1. The molecule has 5 heteroatoms. The molecule has 0 aliphatic carbocycles. The van der Waals surface area contributed by atoms with Crippen molar-refractivity contribution in [2.45, 2.75) is 33.6 Å². The highest BCUT2D eigenvalue weighted by atomic mass is 16.1. The van der Waals surface area contributed by atoms with Crippen molar-refractivity contribution in [1.29, 1.82) is 0 Å². The van der Waals surface area contributed by atoms with Crippen LogP contribution in [0.15, 0.2) is 65.8 Å². The number of fused-ring (bicyclic) bond motifs is 1. The zero-order valence-electron chi connectivity index (χ0n) is 16.7. The number of hydrogen-bond acceptors (Lipinski definition) is 3. The van der Waals surface area contributed by atoms with Gasteiger partial charge in [-0.1, -0.05) is 58.0 Å². The SMILES string of the molecule is CC(c1cccc2nccc(C(=O)NC(N)=Nc3ccccc3)c12)C(C)(C)C. The molecule has 0 fully saturated rings. The van der Waals surface area contributed by atoms with E-state index in [-0.39, 0.29) is 23.2 Å². The number of guanidine groups is 1. The van der Waals surface area contributed by atoms with E-state index in [4.69, 9.17) is 5.73 Å². The van der Waals surface area contributed by atoms with Gasteiger partial charge in [0.05, 0.1) is 16.8 Å². The number of aromatic nitrogens is 1. The maximum absolute atomic E-state index is 13.0. The molecule has 3 N–H and O–H groups in total. The molecule has 0 saturated heterocycles. The van der Waals surface area contributed by atoms with Gasteiger partial charge in [-0.25, -0.2) is 4.99 Å². The van der Waals surface area contributed by atoms with Gasteiger partial charge in [-0.2, -0.15) is 0 Å². The number of carbonyl (C=O) groups excluding carboxylic acids is 1. The summed E-state index contributed by atoms with van der Waals surface area (Å²) in [5.74, 6) is 0.00272. The Labute approximate surface area is 165 Å². The van der Waals surface area contributed by atoms with E-state index in [1.807, 2.05) is 42.5 Å². The van der Waals surface area contributed by atoms with Crippen LogP contribution in [0.1, 0.15) is 49.5 Å². The highest BCUT2D eigenvalue weighted by Gasteiger charge is 2.25. The fourth-order valence-corrected chi connectivity index (χ4v) is 3.10. The van der Waals surface area contributed by atoms with Crippen LogP contribution >= 0.6 is 0 Å². The summed E-state index contributed by atoms with van der Waals surface area (Å²) < 4.78 is 0. The summed E-state index contributed by atoms with van der Waals surface area (Å²) in [6, 6.07) is 17.0. The summed E-state index contributed by atoms with van der Waals surface area (Å²) in [5, 5.41) is 3.56. The Balaban J connectivity index is 2.01. The number of nitrogens with one attached hydrogen (secondary N) is 1. The van der Waals surface area contributed by atoms with Crippen molar-refractivity contribution >= 4 is 28.5 Å². The van der Waals surface area contributed by atoms with Crippen LogP contribution in [0, 0.1) is 5.41 Å². The number of para-hydroxylation sites is 1. The summed E-state index contributed by atoms with van der Waals surface area (Å²) in [7, 11) is 0. The molecular formula is C23H26N4O. The van der Waals surface area contributed by atoms with Crippen molar-refractivity contribution in [1.82, 2.24) is 10.3 Å². The first-order valence-electron chi connectivity index (χ1n) is 9.35. The summed E-state index contributed by atoms with van der Waals surface area (Å²) in [4.78, 5) is 21.7. The first-order chi connectivity index (χ1) is 13.3. The maximum atomic E-state index is 13.0. The predicted octanol–water partition coefficient (Wildman–Crippen LogP) is 4.76. The molecule has 1 atom stereocenters.